The van der Waals surface area contributed by atoms with Crippen LogP contribution in [0.2, 0.25) is 0 Å². The molecule has 0 spiro atoms. The average molecular weight is 560 g/mol. The molecule has 0 aliphatic heterocycles. The number of rotatable bonds is 17. The Balaban J connectivity index is 4.53. The maximum absolute atomic E-state index is 12.5. The molecule has 0 saturated heterocycles. The highest BCUT2D eigenvalue weighted by Gasteiger charge is 2.43. The zero-order valence-electron chi connectivity index (χ0n) is 23.0. The number of hydrogen-bond donors (Lipinski definition) is 0. The molecule has 212 valence electrons. The standard InChI is InChI=1S/C23H43ClNO10P/c1-10-21(2,3)18(26)31-13-14-32-19(27)22(4,5)17-23(6,24)20(28)33-15-16-35-36(29,30)34-12-11-25(7,8)9/h10-17H2,1-9H3. The van der Waals surface area contributed by atoms with Gasteiger partial charge in [0.15, 0.2) is 0 Å². The van der Waals surface area contributed by atoms with Gasteiger partial charge in [0.1, 0.15) is 37.8 Å². The SMILES string of the molecule is CCC(C)(C)C(=O)OCCOC(=O)C(C)(C)CC(C)(Cl)C(=O)OCCOP(=O)([O-])OCC[N+](C)(C)C. The molecular formula is C23H43ClNO10P. The number of nitrogens with zero attached hydrogens (tertiary/aromatic N) is 1. The monoisotopic (exact) mass is 559 g/mol. The highest BCUT2D eigenvalue weighted by atomic mass is 35.5. The van der Waals surface area contributed by atoms with E-state index in [1.807, 2.05) is 28.1 Å². The van der Waals surface area contributed by atoms with E-state index in [1.54, 1.807) is 27.7 Å². The van der Waals surface area contributed by atoms with Crippen LogP contribution in [-0.2, 0) is 42.2 Å². The Morgan fingerprint density at radius 2 is 1.19 bits per heavy atom. The topological polar surface area (TPSA) is 137 Å². The Bertz CT molecular complexity index is 792. The minimum Gasteiger partial charge on any atom is -0.756 e. The smallest absolute Gasteiger partial charge is 0.327 e. The fourth-order valence-corrected chi connectivity index (χ4v) is 3.74. The zero-order chi connectivity index (χ0) is 28.4. The Morgan fingerprint density at radius 3 is 1.67 bits per heavy atom. The van der Waals surface area contributed by atoms with Gasteiger partial charge in [0, 0.05) is 0 Å². The number of ether oxygens (including phenoxy) is 3. The van der Waals surface area contributed by atoms with Crippen LogP contribution < -0.4 is 4.89 Å². The van der Waals surface area contributed by atoms with E-state index in [4.69, 9.17) is 30.3 Å². The maximum atomic E-state index is 12.5. The summed E-state index contributed by atoms with van der Waals surface area (Å²) < 4.78 is 37.1. The molecule has 0 radical (unpaired) electrons. The Kier molecular flexibility index (Phi) is 13.6. The van der Waals surface area contributed by atoms with Crippen LogP contribution in [0.4, 0.5) is 0 Å². The van der Waals surface area contributed by atoms with Gasteiger partial charge in [-0.3, -0.25) is 18.9 Å². The van der Waals surface area contributed by atoms with Crippen molar-refractivity contribution in [3.05, 3.63) is 0 Å². The summed E-state index contributed by atoms with van der Waals surface area (Å²) in [6.07, 6.45) is 0.479. The molecule has 0 heterocycles. The maximum Gasteiger partial charge on any atom is 0.327 e. The first kappa shape index (κ1) is 34.8. The third-order valence-electron chi connectivity index (χ3n) is 5.32. The van der Waals surface area contributed by atoms with Crippen molar-refractivity contribution in [1.82, 2.24) is 0 Å². The first-order valence-corrected chi connectivity index (χ1v) is 13.6. The molecule has 0 aliphatic carbocycles. The summed E-state index contributed by atoms with van der Waals surface area (Å²) in [6, 6.07) is 0. The Labute approximate surface area is 219 Å². The highest BCUT2D eigenvalue weighted by Crippen LogP contribution is 2.38. The summed E-state index contributed by atoms with van der Waals surface area (Å²) in [7, 11) is 1.12. The van der Waals surface area contributed by atoms with Gasteiger partial charge in [-0.2, -0.15) is 0 Å². The summed E-state index contributed by atoms with van der Waals surface area (Å²) in [4.78, 5) is 47.1. The average Bonchev–Trinajstić information content (AvgIpc) is 2.71. The van der Waals surface area contributed by atoms with Gasteiger partial charge < -0.3 is 32.6 Å². The van der Waals surface area contributed by atoms with E-state index in [1.165, 1.54) is 6.92 Å². The van der Waals surface area contributed by atoms with Gasteiger partial charge in [-0.05, 0) is 47.5 Å². The number of phosphoric acid groups is 1. The normalized spacial score (nSPS) is 16.0. The first-order valence-electron chi connectivity index (χ1n) is 11.8. The van der Waals surface area contributed by atoms with E-state index in [-0.39, 0.29) is 38.8 Å². The number of alkyl halides is 1. The molecule has 2 atom stereocenters. The number of carbonyl (C=O) groups is 3. The minimum absolute atomic E-state index is 0.0475. The van der Waals surface area contributed by atoms with Crippen LogP contribution in [0.25, 0.3) is 0 Å². The number of likely N-dealkylation sites (N-methyl/N-ethyl adjacent to an activating group) is 1. The first-order chi connectivity index (χ1) is 16.2. The second-order valence-corrected chi connectivity index (χ2v) is 13.3. The quantitative estimate of drug-likeness (QED) is 0.0652. The molecular weight excluding hydrogens is 517 g/mol. The van der Waals surface area contributed by atoms with Crippen molar-refractivity contribution in [2.24, 2.45) is 10.8 Å². The zero-order valence-corrected chi connectivity index (χ0v) is 24.7. The van der Waals surface area contributed by atoms with Crippen LogP contribution in [-0.4, -0.2) is 88.0 Å². The predicted octanol–water partition coefficient (Wildman–Crippen LogP) is 2.67. The molecule has 0 aromatic rings. The molecule has 36 heavy (non-hydrogen) atoms. The largest absolute Gasteiger partial charge is 0.756 e. The highest BCUT2D eigenvalue weighted by molar-refractivity contribution is 7.45. The molecule has 0 aromatic heterocycles. The lowest BCUT2D eigenvalue weighted by atomic mass is 9.83. The summed E-state index contributed by atoms with van der Waals surface area (Å²) in [5.74, 6) is -1.87. The van der Waals surface area contributed by atoms with Crippen molar-refractivity contribution < 1.29 is 51.6 Å². The summed E-state index contributed by atoms with van der Waals surface area (Å²) >= 11 is 6.33. The number of halogens is 1. The fraction of sp³-hybridized carbons (Fsp3) is 0.870. The molecule has 0 amide bonds. The number of phosphoric ester groups is 1. The van der Waals surface area contributed by atoms with Crippen LogP contribution in [0, 0.1) is 10.8 Å². The predicted molar refractivity (Wildman–Crippen MR) is 132 cm³/mol. The van der Waals surface area contributed by atoms with Crippen molar-refractivity contribution in [2.75, 3.05) is 60.7 Å². The van der Waals surface area contributed by atoms with Crippen molar-refractivity contribution in [2.45, 2.75) is 59.3 Å². The van der Waals surface area contributed by atoms with Gasteiger partial charge in [-0.15, -0.1) is 11.6 Å². The van der Waals surface area contributed by atoms with Crippen LogP contribution in [0.5, 0.6) is 0 Å². The van der Waals surface area contributed by atoms with Gasteiger partial charge in [0.25, 0.3) is 7.82 Å². The molecule has 0 saturated carbocycles. The Hall–Kier alpha value is -1.23. The van der Waals surface area contributed by atoms with Gasteiger partial charge in [-0.1, -0.05) is 6.92 Å². The van der Waals surface area contributed by atoms with Gasteiger partial charge >= 0.3 is 17.9 Å². The van der Waals surface area contributed by atoms with Crippen LogP contribution in [0.1, 0.15) is 54.4 Å². The van der Waals surface area contributed by atoms with E-state index in [9.17, 15) is 23.8 Å². The third kappa shape index (κ3) is 13.9. The van der Waals surface area contributed by atoms with E-state index >= 15 is 0 Å². The van der Waals surface area contributed by atoms with E-state index < -0.39 is 42.1 Å². The molecule has 0 N–H and O–H groups in total. The van der Waals surface area contributed by atoms with E-state index in [0.29, 0.717) is 17.4 Å². The summed E-state index contributed by atoms with van der Waals surface area (Å²) in [5.41, 5.74) is -1.79. The molecule has 0 aromatic carbocycles. The van der Waals surface area contributed by atoms with Gasteiger partial charge in [0.05, 0.1) is 38.6 Å². The van der Waals surface area contributed by atoms with Gasteiger partial charge in [-0.25, -0.2) is 0 Å². The van der Waals surface area contributed by atoms with E-state index in [2.05, 4.69) is 4.52 Å². The molecule has 0 bridgehead atoms. The number of hydrogen-bond acceptors (Lipinski definition) is 10. The second kappa shape index (κ2) is 14.1. The third-order valence-corrected chi connectivity index (χ3v) is 6.60. The van der Waals surface area contributed by atoms with Gasteiger partial charge in [0.2, 0.25) is 0 Å². The van der Waals surface area contributed by atoms with Crippen LogP contribution >= 0.6 is 19.4 Å². The van der Waals surface area contributed by atoms with Crippen LogP contribution in [0.3, 0.4) is 0 Å². The lowest BCUT2D eigenvalue weighted by Gasteiger charge is -2.30. The van der Waals surface area contributed by atoms with Crippen molar-refractivity contribution >= 4 is 37.3 Å². The molecule has 11 nitrogen and oxygen atoms in total. The lowest BCUT2D eigenvalue weighted by Crippen LogP contribution is -2.40. The van der Waals surface area contributed by atoms with Crippen molar-refractivity contribution in [1.29, 1.82) is 0 Å². The van der Waals surface area contributed by atoms with E-state index in [0.717, 1.165) is 0 Å². The number of quaternary nitrogens is 1. The van der Waals surface area contributed by atoms with Crippen molar-refractivity contribution in [3.8, 4) is 0 Å². The number of esters is 3. The minimum atomic E-state index is -4.53. The molecule has 0 fully saturated rings. The second-order valence-electron chi connectivity index (χ2n) is 11.0. The summed E-state index contributed by atoms with van der Waals surface area (Å²) in [6.45, 7) is 9.25. The Morgan fingerprint density at radius 1 is 0.778 bits per heavy atom. The van der Waals surface area contributed by atoms with Crippen LogP contribution in [0.15, 0.2) is 0 Å². The number of carbonyl (C=O) groups excluding carboxylic acids is 3. The molecule has 0 rings (SSSR count). The molecule has 2 unspecified atom stereocenters. The fourth-order valence-electron chi connectivity index (χ4n) is 2.68. The van der Waals surface area contributed by atoms with Crippen molar-refractivity contribution in [3.63, 3.8) is 0 Å². The molecule has 13 heteroatoms. The lowest BCUT2D eigenvalue weighted by molar-refractivity contribution is -0.870. The summed E-state index contributed by atoms with van der Waals surface area (Å²) in [5, 5.41) is 0. The molecule has 0 aliphatic rings.